The SMILES string of the molecule is O=C(O)C1(C(=O)O)CCCC(C(=O)O)(C(=O)O)C1(C(=O)O)C(=O)O. The highest BCUT2D eigenvalue weighted by Gasteiger charge is 2.85. The fourth-order valence-electron chi connectivity index (χ4n) is 3.43. The van der Waals surface area contributed by atoms with Gasteiger partial charge in [-0.3, -0.25) is 28.8 Å². The molecule has 0 amide bonds. The summed E-state index contributed by atoms with van der Waals surface area (Å²) in [7, 11) is 0. The predicted molar refractivity (Wildman–Crippen MR) is 67.0 cm³/mol. The molecule has 0 unspecified atom stereocenters. The van der Waals surface area contributed by atoms with E-state index in [9.17, 15) is 59.4 Å². The van der Waals surface area contributed by atoms with Gasteiger partial charge in [0.15, 0.2) is 10.8 Å². The molecule has 1 aliphatic rings. The molecule has 6 N–H and O–H groups in total. The third kappa shape index (κ3) is 1.73. The van der Waals surface area contributed by atoms with Crippen LogP contribution in [0.3, 0.4) is 0 Å². The molecule has 0 aromatic carbocycles. The third-order valence-corrected chi connectivity index (χ3v) is 4.49. The lowest BCUT2D eigenvalue weighted by atomic mass is 9.44. The molecule has 1 aliphatic carbocycles. The van der Waals surface area contributed by atoms with Crippen LogP contribution in [-0.2, 0) is 28.8 Å². The highest BCUT2D eigenvalue weighted by molar-refractivity contribution is 6.20. The number of hydrogen-bond acceptors (Lipinski definition) is 6. The van der Waals surface area contributed by atoms with Gasteiger partial charge in [0.05, 0.1) is 0 Å². The first-order valence-corrected chi connectivity index (χ1v) is 6.27. The predicted octanol–water partition coefficient (Wildman–Crippen LogP) is -1.36. The molecule has 0 atom stereocenters. The van der Waals surface area contributed by atoms with Crippen molar-refractivity contribution in [2.75, 3.05) is 0 Å². The van der Waals surface area contributed by atoms with Crippen molar-refractivity contribution in [2.24, 2.45) is 16.2 Å². The molecule has 1 saturated carbocycles. The molecular weight excluding hydrogens is 336 g/mol. The summed E-state index contributed by atoms with van der Waals surface area (Å²) < 4.78 is 0. The molecule has 12 nitrogen and oxygen atoms in total. The zero-order valence-electron chi connectivity index (χ0n) is 11.8. The Morgan fingerprint density at radius 3 is 0.917 bits per heavy atom. The summed E-state index contributed by atoms with van der Waals surface area (Å²) in [5.41, 5.74) is -11.6. The molecule has 1 rings (SSSR count). The molecule has 12 heteroatoms. The Kier molecular flexibility index (Phi) is 4.30. The maximum Gasteiger partial charge on any atom is 0.324 e. The van der Waals surface area contributed by atoms with Crippen LogP contribution in [0.5, 0.6) is 0 Å². The normalized spacial score (nSPS) is 20.5. The lowest BCUT2D eigenvalue weighted by Gasteiger charge is -2.50. The largest absolute Gasteiger partial charge is 0.480 e. The maximum absolute atomic E-state index is 11.7. The van der Waals surface area contributed by atoms with Gasteiger partial charge in [-0.05, 0) is 19.3 Å². The van der Waals surface area contributed by atoms with Gasteiger partial charge in [-0.1, -0.05) is 0 Å². The van der Waals surface area contributed by atoms with Crippen molar-refractivity contribution >= 4 is 35.8 Å². The van der Waals surface area contributed by atoms with Crippen LogP contribution < -0.4 is 0 Å². The molecule has 0 saturated heterocycles. The number of hydrogen-bond donors (Lipinski definition) is 6. The van der Waals surface area contributed by atoms with Gasteiger partial charge < -0.3 is 30.6 Å². The summed E-state index contributed by atoms with van der Waals surface area (Å²) in [5, 5.41) is 56.0. The van der Waals surface area contributed by atoms with Crippen molar-refractivity contribution in [3.63, 3.8) is 0 Å². The molecule has 132 valence electrons. The minimum absolute atomic E-state index is 0.639. The van der Waals surface area contributed by atoms with Gasteiger partial charge in [0, 0.05) is 0 Å². The first-order valence-electron chi connectivity index (χ1n) is 6.27. The summed E-state index contributed by atoms with van der Waals surface area (Å²) >= 11 is 0. The van der Waals surface area contributed by atoms with Crippen LogP contribution in [0.25, 0.3) is 0 Å². The van der Waals surface area contributed by atoms with Crippen LogP contribution in [0.15, 0.2) is 0 Å². The minimum Gasteiger partial charge on any atom is -0.480 e. The smallest absolute Gasteiger partial charge is 0.324 e. The van der Waals surface area contributed by atoms with Crippen molar-refractivity contribution in [3.05, 3.63) is 0 Å². The van der Waals surface area contributed by atoms with Crippen LogP contribution >= 0.6 is 0 Å². The van der Waals surface area contributed by atoms with Gasteiger partial charge in [-0.2, -0.15) is 0 Å². The molecule has 0 aromatic heterocycles. The van der Waals surface area contributed by atoms with E-state index in [4.69, 9.17) is 0 Å². The molecule has 0 heterocycles. The van der Waals surface area contributed by atoms with Gasteiger partial charge in [0.2, 0.25) is 5.41 Å². The lowest BCUT2D eigenvalue weighted by molar-refractivity contribution is -0.225. The first kappa shape index (κ1) is 18.9. The summed E-state index contributed by atoms with van der Waals surface area (Å²) in [6.07, 6.45) is -2.78. The number of aliphatic carboxylic acids is 6. The van der Waals surface area contributed by atoms with Gasteiger partial charge in [-0.25, -0.2) is 0 Å². The number of rotatable bonds is 6. The Labute approximate surface area is 131 Å². The van der Waals surface area contributed by atoms with Crippen LogP contribution in [0.4, 0.5) is 0 Å². The Hall–Kier alpha value is -3.18. The van der Waals surface area contributed by atoms with E-state index in [1.807, 2.05) is 0 Å². The monoisotopic (exact) mass is 348 g/mol. The minimum atomic E-state index is -4.17. The number of carboxylic acids is 6. The van der Waals surface area contributed by atoms with Gasteiger partial charge in [0.25, 0.3) is 0 Å². The number of carbonyl (C=O) groups is 6. The van der Waals surface area contributed by atoms with Crippen LogP contribution in [0.1, 0.15) is 19.3 Å². The van der Waals surface area contributed by atoms with E-state index >= 15 is 0 Å². The summed E-state index contributed by atoms with van der Waals surface area (Å²) in [5.74, 6) is -15.2. The lowest BCUT2D eigenvalue weighted by Crippen LogP contribution is -2.74. The molecule has 1 fully saturated rings. The maximum atomic E-state index is 11.7. The zero-order chi connectivity index (χ0) is 19.1. The summed E-state index contributed by atoms with van der Waals surface area (Å²) in [6.45, 7) is 0. The molecule has 0 bridgehead atoms. The van der Waals surface area contributed by atoms with E-state index in [1.165, 1.54) is 0 Å². The number of carboxylic acid groups (broad SMARTS) is 6. The average Bonchev–Trinajstić information content (AvgIpc) is 2.43. The summed E-state index contributed by atoms with van der Waals surface area (Å²) in [6, 6.07) is 0. The second-order valence-corrected chi connectivity index (χ2v) is 5.25. The fourth-order valence-corrected chi connectivity index (χ4v) is 3.43. The second-order valence-electron chi connectivity index (χ2n) is 5.25. The van der Waals surface area contributed by atoms with Crippen molar-refractivity contribution in [1.29, 1.82) is 0 Å². The first-order chi connectivity index (χ1) is 10.9. The molecule has 0 aromatic rings. The van der Waals surface area contributed by atoms with Crippen LogP contribution in [0, 0.1) is 16.2 Å². The molecule has 0 aliphatic heterocycles. The highest BCUT2D eigenvalue weighted by Crippen LogP contribution is 2.61. The van der Waals surface area contributed by atoms with E-state index < -0.39 is 71.3 Å². The molecular formula is C12H12O12. The van der Waals surface area contributed by atoms with Crippen molar-refractivity contribution in [2.45, 2.75) is 19.3 Å². The Balaban J connectivity index is 4.23. The van der Waals surface area contributed by atoms with E-state index in [0.717, 1.165) is 0 Å². The van der Waals surface area contributed by atoms with Crippen molar-refractivity contribution in [3.8, 4) is 0 Å². The van der Waals surface area contributed by atoms with Crippen LogP contribution in [0.2, 0.25) is 0 Å². The topological polar surface area (TPSA) is 224 Å². The van der Waals surface area contributed by atoms with E-state index in [-0.39, 0.29) is 0 Å². The quantitative estimate of drug-likeness (QED) is 0.306. The van der Waals surface area contributed by atoms with Crippen molar-refractivity contribution in [1.82, 2.24) is 0 Å². The van der Waals surface area contributed by atoms with Crippen LogP contribution in [-0.4, -0.2) is 66.5 Å². The Morgan fingerprint density at radius 1 is 0.500 bits per heavy atom. The summed E-state index contributed by atoms with van der Waals surface area (Å²) in [4.78, 5) is 69.8. The zero-order valence-corrected chi connectivity index (χ0v) is 11.8. The second kappa shape index (κ2) is 5.47. The van der Waals surface area contributed by atoms with Gasteiger partial charge in [-0.15, -0.1) is 0 Å². The Morgan fingerprint density at radius 2 is 0.750 bits per heavy atom. The van der Waals surface area contributed by atoms with Crippen molar-refractivity contribution < 1.29 is 59.4 Å². The third-order valence-electron chi connectivity index (χ3n) is 4.49. The van der Waals surface area contributed by atoms with E-state index in [0.29, 0.717) is 0 Å². The molecule has 0 spiro atoms. The van der Waals surface area contributed by atoms with E-state index in [2.05, 4.69) is 0 Å². The van der Waals surface area contributed by atoms with E-state index in [1.54, 1.807) is 0 Å². The highest BCUT2D eigenvalue weighted by atomic mass is 16.4. The van der Waals surface area contributed by atoms with Gasteiger partial charge >= 0.3 is 35.8 Å². The molecule has 0 radical (unpaired) electrons. The van der Waals surface area contributed by atoms with Gasteiger partial charge in [0.1, 0.15) is 0 Å². The standard InChI is InChI=1S/C12H12O12/c13-4(14)10(5(15)16)2-1-3-11(6(17)18,7(19)20)12(10,8(21)22)9(23)24/h1-3H2,(H,13,14)(H,15,16)(H,17,18)(H,19,20)(H,21,22)(H,23,24). The average molecular weight is 348 g/mol. The fraction of sp³-hybridized carbons (Fsp3) is 0.500. The Bertz CT molecular complexity index is 575. The molecule has 24 heavy (non-hydrogen) atoms.